The second kappa shape index (κ2) is 6.56. The van der Waals surface area contributed by atoms with Crippen molar-refractivity contribution in [2.45, 2.75) is 26.7 Å². The van der Waals surface area contributed by atoms with Crippen molar-refractivity contribution in [3.63, 3.8) is 0 Å². The Kier molecular flexibility index (Phi) is 5.35. The molecule has 0 bridgehead atoms. The SMILES string of the molecule is CCCCS(=O)(=O)Nc1ccc(C)cc1C(=O)OC. The van der Waals surface area contributed by atoms with Gasteiger partial charge in [-0.3, -0.25) is 4.72 Å². The van der Waals surface area contributed by atoms with Crippen molar-refractivity contribution >= 4 is 21.7 Å². The maximum absolute atomic E-state index is 11.8. The molecule has 0 saturated heterocycles. The first-order chi connectivity index (χ1) is 8.89. The maximum atomic E-state index is 11.8. The summed E-state index contributed by atoms with van der Waals surface area (Å²) in [6, 6.07) is 4.92. The van der Waals surface area contributed by atoms with Gasteiger partial charge in [0.1, 0.15) is 0 Å². The fourth-order valence-corrected chi connectivity index (χ4v) is 2.86. The van der Waals surface area contributed by atoms with Crippen LogP contribution in [-0.2, 0) is 14.8 Å². The predicted molar refractivity (Wildman–Crippen MR) is 74.8 cm³/mol. The number of unbranched alkanes of at least 4 members (excludes halogenated alkanes) is 1. The smallest absolute Gasteiger partial charge is 0.340 e. The minimum Gasteiger partial charge on any atom is -0.465 e. The molecular formula is C13H19NO4S. The van der Waals surface area contributed by atoms with Crippen molar-refractivity contribution < 1.29 is 17.9 Å². The molecule has 0 spiro atoms. The topological polar surface area (TPSA) is 72.5 Å². The van der Waals surface area contributed by atoms with Gasteiger partial charge in [-0.15, -0.1) is 0 Å². The Morgan fingerprint density at radius 1 is 1.37 bits per heavy atom. The van der Waals surface area contributed by atoms with Crippen LogP contribution in [0.15, 0.2) is 18.2 Å². The molecule has 1 N–H and O–H groups in total. The number of benzene rings is 1. The van der Waals surface area contributed by atoms with E-state index in [1.165, 1.54) is 7.11 Å². The first-order valence-electron chi connectivity index (χ1n) is 6.09. The zero-order valence-corrected chi connectivity index (χ0v) is 12.2. The lowest BCUT2D eigenvalue weighted by atomic mass is 10.1. The van der Waals surface area contributed by atoms with E-state index in [0.717, 1.165) is 12.0 Å². The van der Waals surface area contributed by atoms with Crippen molar-refractivity contribution in [1.29, 1.82) is 0 Å². The largest absolute Gasteiger partial charge is 0.465 e. The minimum atomic E-state index is -3.43. The molecule has 0 heterocycles. The van der Waals surface area contributed by atoms with E-state index in [2.05, 4.69) is 9.46 Å². The van der Waals surface area contributed by atoms with Gasteiger partial charge in [-0.1, -0.05) is 25.0 Å². The summed E-state index contributed by atoms with van der Waals surface area (Å²) in [6.07, 6.45) is 1.37. The summed E-state index contributed by atoms with van der Waals surface area (Å²) in [5.74, 6) is -0.519. The lowest BCUT2D eigenvalue weighted by Crippen LogP contribution is -2.19. The number of nitrogens with one attached hydrogen (secondary N) is 1. The molecule has 0 aromatic heterocycles. The number of anilines is 1. The Labute approximate surface area is 114 Å². The van der Waals surface area contributed by atoms with Gasteiger partial charge < -0.3 is 4.74 Å². The van der Waals surface area contributed by atoms with Crippen LogP contribution in [0.3, 0.4) is 0 Å². The van der Waals surface area contributed by atoms with Crippen LogP contribution in [0, 0.1) is 6.92 Å². The highest BCUT2D eigenvalue weighted by Gasteiger charge is 2.17. The van der Waals surface area contributed by atoms with E-state index in [4.69, 9.17) is 0 Å². The fraction of sp³-hybridized carbons (Fsp3) is 0.462. The third-order valence-electron chi connectivity index (χ3n) is 2.61. The molecule has 0 radical (unpaired) electrons. The van der Waals surface area contributed by atoms with Gasteiger partial charge in [0, 0.05) is 0 Å². The zero-order valence-electron chi connectivity index (χ0n) is 11.4. The number of methoxy groups -OCH3 is 1. The molecule has 5 nitrogen and oxygen atoms in total. The Morgan fingerprint density at radius 3 is 2.63 bits per heavy atom. The highest BCUT2D eigenvalue weighted by atomic mass is 32.2. The summed E-state index contributed by atoms with van der Waals surface area (Å²) in [5, 5.41) is 0. The van der Waals surface area contributed by atoms with Crippen molar-refractivity contribution in [2.75, 3.05) is 17.6 Å². The molecule has 0 unspecified atom stereocenters. The van der Waals surface area contributed by atoms with Crippen LogP contribution in [0.2, 0.25) is 0 Å². The number of esters is 1. The van der Waals surface area contributed by atoms with E-state index >= 15 is 0 Å². The minimum absolute atomic E-state index is 0.0397. The van der Waals surface area contributed by atoms with Crippen LogP contribution < -0.4 is 4.72 Å². The van der Waals surface area contributed by atoms with Gasteiger partial charge in [0.15, 0.2) is 0 Å². The lowest BCUT2D eigenvalue weighted by Gasteiger charge is -2.12. The van der Waals surface area contributed by atoms with Crippen molar-refractivity contribution in [2.24, 2.45) is 0 Å². The van der Waals surface area contributed by atoms with Crippen LogP contribution in [0.25, 0.3) is 0 Å². The van der Waals surface area contributed by atoms with Gasteiger partial charge in [-0.25, -0.2) is 13.2 Å². The quantitative estimate of drug-likeness (QED) is 0.814. The second-order valence-corrected chi connectivity index (χ2v) is 6.16. The van der Waals surface area contributed by atoms with Gasteiger partial charge in [0.2, 0.25) is 10.0 Å². The first-order valence-corrected chi connectivity index (χ1v) is 7.74. The molecule has 0 aliphatic carbocycles. The molecule has 1 rings (SSSR count). The molecule has 1 aromatic carbocycles. The van der Waals surface area contributed by atoms with Crippen molar-refractivity contribution in [1.82, 2.24) is 0 Å². The molecule has 0 aliphatic rings. The molecule has 19 heavy (non-hydrogen) atoms. The lowest BCUT2D eigenvalue weighted by molar-refractivity contribution is 0.0602. The van der Waals surface area contributed by atoms with Crippen LogP contribution in [0.5, 0.6) is 0 Å². The third-order valence-corrected chi connectivity index (χ3v) is 3.97. The molecular weight excluding hydrogens is 266 g/mol. The summed E-state index contributed by atoms with van der Waals surface area (Å²) in [5.41, 5.74) is 1.34. The monoisotopic (exact) mass is 285 g/mol. The highest BCUT2D eigenvalue weighted by molar-refractivity contribution is 7.92. The average molecular weight is 285 g/mol. The molecule has 6 heteroatoms. The standard InChI is InChI=1S/C13H19NO4S/c1-4-5-8-19(16,17)14-12-7-6-10(2)9-11(12)13(15)18-3/h6-7,9,14H,4-5,8H2,1-3H3. The summed E-state index contributed by atoms with van der Waals surface area (Å²) in [6.45, 7) is 3.74. The molecule has 0 fully saturated rings. The van der Waals surface area contributed by atoms with Gasteiger partial charge in [0.25, 0.3) is 0 Å². The van der Waals surface area contributed by atoms with Crippen LogP contribution in [-0.4, -0.2) is 27.2 Å². The van der Waals surface area contributed by atoms with Crippen LogP contribution in [0.4, 0.5) is 5.69 Å². The molecule has 0 atom stereocenters. The number of hydrogen-bond acceptors (Lipinski definition) is 4. The number of carbonyl (C=O) groups excluding carboxylic acids is 1. The Morgan fingerprint density at radius 2 is 2.05 bits per heavy atom. The Balaban J connectivity index is 3.04. The number of carbonyl (C=O) groups is 1. The van der Waals surface area contributed by atoms with Gasteiger partial charge in [0.05, 0.1) is 24.1 Å². The van der Waals surface area contributed by atoms with E-state index in [-0.39, 0.29) is 17.0 Å². The van der Waals surface area contributed by atoms with Crippen LogP contribution in [0.1, 0.15) is 35.7 Å². The van der Waals surface area contributed by atoms with Gasteiger partial charge in [-0.05, 0) is 25.5 Å². The van der Waals surface area contributed by atoms with Gasteiger partial charge in [-0.2, -0.15) is 0 Å². The van der Waals surface area contributed by atoms with E-state index in [1.54, 1.807) is 18.2 Å². The molecule has 0 amide bonds. The first kappa shape index (κ1) is 15.5. The van der Waals surface area contributed by atoms with E-state index in [0.29, 0.717) is 6.42 Å². The van der Waals surface area contributed by atoms with E-state index < -0.39 is 16.0 Å². The highest BCUT2D eigenvalue weighted by Crippen LogP contribution is 2.20. The molecule has 0 aliphatic heterocycles. The summed E-state index contributed by atoms with van der Waals surface area (Å²) >= 11 is 0. The number of sulfonamides is 1. The van der Waals surface area contributed by atoms with E-state index in [9.17, 15) is 13.2 Å². The average Bonchev–Trinajstić information content (AvgIpc) is 2.37. The van der Waals surface area contributed by atoms with Crippen LogP contribution >= 0.6 is 0 Å². The Hall–Kier alpha value is -1.56. The fourth-order valence-electron chi connectivity index (χ4n) is 1.58. The maximum Gasteiger partial charge on any atom is 0.340 e. The summed E-state index contributed by atoms with van der Waals surface area (Å²) in [7, 11) is -2.17. The number of ether oxygens (including phenoxy) is 1. The number of aryl methyl sites for hydroxylation is 1. The van der Waals surface area contributed by atoms with E-state index in [1.807, 2.05) is 13.8 Å². The molecule has 106 valence electrons. The molecule has 0 saturated carbocycles. The zero-order chi connectivity index (χ0) is 14.5. The summed E-state index contributed by atoms with van der Waals surface area (Å²) in [4.78, 5) is 11.6. The normalized spacial score (nSPS) is 11.1. The van der Waals surface area contributed by atoms with Crippen molar-refractivity contribution in [3.05, 3.63) is 29.3 Å². The third kappa shape index (κ3) is 4.55. The summed E-state index contributed by atoms with van der Waals surface area (Å²) < 4.78 is 30.8. The number of hydrogen-bond donors (Lipinski definition) is 1. The number of rotatable bonds is 6. The second-order valence-electron chi connectivity index (χ2n) is 4.32. The predicted octanol–water partition coefficient (Wildman–Crippen LogP) is 2.32. The van der Waals surface area contributed by atoms with Gasteiger partial charge >= 0.3 is 5.97 Å². The van der Waals surface area contributed by atoms with Crippen molar-refractivity contribution in [3.8, 4) is 0 Å². The Bertz CT molecular complexity index is 552. The molecule has 1 aromatic rings.